The first-order valence-electron chi connectivity index (χ1n) is 6.26. The maximum Gasteiger partial charge on any atom is 0.144 e. The highest BCUT2D eigenvalue weighted by Crippen LogP contribution is 2.35. The molecular weight excluding hydrogens is 267 g/mol. The van der Waals surface area contributed by atoms with Crippen LogP contribution in [0, 0.1) is 0 Å². The second-order valence-electron chi connectivity index (χ2n) is 4.73. The van der Waals surface area contributed by atoms with Crippen LogP contribution < -0.4 is 0 Å². The van der Waals surface area contributed by atoms with Gasteiger partial charge in [-0.25, -0.2) is 0 Å². The van der Waals surface area contributed by atoms with Gasteiger partial charge in [0.05, 0.1) is 5.03 Å². The second kappa shape index (κ2) is 6.40. The molecule has 0 radical (unpaired) electrons. The van der Waals surface area contributed by atoms with E-state index in [1.807, 2.05) is 12.1 Å². The monoisotopic (exact) mass is 282 g/mol. The minimum absolute atomic E-state index is 0.307. The van der Waals surface area contributed by atoms with Gasteiger partial charge in [-0.2, -0.15) is 0 Å². The third kappa shape index (κ3) is 3.37. The number of rotatable bonds is 3. The lowest BCUT2D eigenvalue weighted by atomic mass is 9.83. The normalized spacial score (nSPS) is 24.9. The van der Waals surface area contributed by atoms with Gasteiger partial charge >= 0.3 is 0 Å². The number of aldehydes is 1. The first kappa shape index (κ1) is 13.6. The van der Waals surface area contributed by atoms with Crippen LogP contribution in [0.5, 0.6) is 0 Å². The number of carbonyl (C=O) groups excluding carboxylic acids is 1. The van der Waals surface area contributed by atoms with Crippen LogP contribution in [-0.2, 0) is 4.79 Å². The summed E-state index contributed by atoms with van der Waals surface area (Å²) < 4.78 is 0. The van der Waals surface area contributed by atoms with Crippen LogP contribution in [-0.4, -0.2) is 11.7 Å². The van der Waals surface area contributed by atoms with Crippen LogP contribution >= 0.6 is 23.2 Å². The van der Waals surface area contributed by atoms with Crippen molar-refractivity contribution in [3.8, 4) is 0 Å². The van der Waals surface area contributed by atoms with Crippen molar-refractivity contribution in [1.29, 1.82) is 0 Å². The molecule has 1 fully saturated rings. The molecule has 1 aromatic carbocycles. The van der Waals surface area contributed by atoms with Gasteiger partial charge in [-0.15, -0.1) is 11.6 Å². The molecule has 2 unspecified atom stereocenters. The molecular formula is C15H16Cl2O. The lowest BCUT2D eigenvalue weighted by Gasteiger charge is -2.25. The number of carbonyl (C=O) groups is 1. The van der Waals surface area contributed by atoms with Gasteiger partial charge < -0.3 is 0 Å². The predicted octanol–water partition coefficient (Wildman–Crippen LogP) is 4.73. The summed E-state index contributed by atoms with van der Waals surface area (Å²) in [4.78, 5) is 10.4. The number of alkyl halides is 1. The lowest BCUT2D eigenvalue weighted by Crippen LogP contribution is -2.13. The van der Waals surface area contributed by atoms with Crippen molar-refractivity contribution in [2.24, 2.45) is 0 Å². The van der Waals surface area contributed by atoms with Crippen molar-refractivity contribution in [2.75, 3.05) is 0 Å². The van der Waals surface area contributed by atoms with Crippen LogP contribution in [0.1, 0.15) is 42.7 Å². The van der Waals surface area contributed by atoms with E-state index >= 15 is 0 Å². The molecule has 0 heterocycles. The van der Waals surface area contributed by atoms with E-state index in [1.165, 1.54) is 24.5 Å². The van der Waals surface area contributed by atoms with Gasteiger partial charge in [0.2, 0.25) is 0 Å². The largest absolute Gasteiger partial charge is 0.299 e. The number of allylic oxidation sites excluding steroid dienone is 1. The molecule has 1 nitrogen and oxygen atoms in total. The summed E-state index contributed by atoms with van der Waals surface area (Å²) in [6, 6.07) is 8.12. The Kier molecular flexibility index (Phi) is 4.85. The summed E-state index contributed by atoms with van der Waals surface area (Å²) in [6.45, 7) is 0. The third-order valence-corrected chi connectivity index (χ3v) is 4.22. The Morgan fingerprint density at radius 1 is 1.22 bits per heavy atom. The van der Waals surface area contributed by atoms with Gasteiger partial charge in [0.1, 0.15) is 6.29 Å². The van der Waals surface area contributed by atoms with Crippen LogP contribution in [0.4, 0.5) is 0 Å². The van der Waals surface area contributed by atoms with E-state index in [0.717, 1.165) is 18.4 Å². The van der Waals surface area contributed by atoms with Crippen molar-refractivity contribution in [3.63, 3.8) is 0 Å². The minimum Gasteiger partial charge on any atom is -0.299 e. The van der Waals surface area contributed by atoms with Gasteiger partial charge in [0.15, 0.2) is 0 Å². The molecule has 1 aliphatic rings. The molecule has 18 heavy (non-hydrogen) atoms. The molecule has 0 N–H and O–H groups in total. The van der Waals surface area contributed by atoms with Crippen molar-refractivity contribution in [3.05, 3.63) is 41.5 Å². The maximum absolute atomic E-state index is 10.4. The molecule has 2 rings (SSSR count). The average Bonchev–Trinajstić information content (AvgIpc) is 2.39. The fourth-order valence-electron chi connectivity index (χ4n) is 2.50. The Bertz CT molecular complexity index is 436. The predicted molar refractivity (Wildman–Crippen MR) is 77.2 cm³/mol. The Balaban J connectivity index is 2.12. The molecule has 0 bridgehead atoms. The lowest BCUT2D eigenvalue weighted by molar-refractivity contribution is -0.104. The highest BCUT2D eigenvalue weighted by atomic mass is 35.5. The molecule has 0 aromatic heterocycles. The Labute approximate surface area is 118 Å². The minimum atomic E-state index is 0.307. The maximum atomic E-state index is 10.4. The zero-order valence-corrected chi connectivity index (χ0v) is 11.6. The van der Waals surface area contributed by atoms with Gasteiger partial charge in [-0.05, 0) is 42.4 Å². The van der Waals surface area contributed by atoms with Crippen molar-refractivity contribution < 1.29 is 4.79 Å². The van der Waals surface area contributed by atoms with E-state index in [9.17, 15) is 4.79 Å². The Morgan fingerprint density at radius 3 is 2.56 bits per heavy atom. The zero-order chi connectivity index (χ0) is 13.0. The van der Waals surface area contributed by atoms with E-state index in [0.29, 0.717) is 22.6 Å². The van der Waals surface area contributed by atoms with E-state index in [-0.39, 0.29) is 0 Å². The molecule has 1 aliphatic carbocycles. The SMILES string of the molecule is O=CC=C(Cl)c1ccc(C2CCCC(Cl)C2)cc1. The quantitative estimate of drug-likeness (QED) is 0.445. The van der Waals surface area contributed by atoms with E-state index < -0.39 is 0 Å². The molecule has 96 valence electrons. The number of hydrogen-bond acceptors (Lipinski definition) is 1. The Morgan fingerprint density at radius 2 is 1.94 bits per heavy atom. The summed E-state index contributed by atoms with van der Waals surface area (Å²) in [6.07, 6.45) is 6.66. The molecule has 0 saturated heterocycles. The topological polar surface area (TPSA) is 17.1 Å². The summed E-state index contributed by atoms with van der Waals surface area (Å²) >= 11 is 12.2. The fourth-order valence-corrected chi connectivity index (χ4v) is 3.05. The van der Waals surface area contributed by atoms with E-state index in [4.69, 9.17) is 23.2 Å². The molecule has 3 heteroatoms. The molecule has 1 aromatic rings. The van der Waals surface area contributed by atoms with E-state index in [2.05, 4.69) is 12.1 Å². The number of halogens is 2. The molecule has 1 saturated carbocycles. The third-order valence-electron chi connectivity index (χ3n) is 3.48. The highest BCUT2D eigenvalue weighted by molar-refractivity contribution is 6.49. The summed E-state index contributed by atoms with van der Waals surface area (Å²) in [5.74, 6) is 0.559. The zero-order valence-electron chi connectivity index (χ0n) is 10.1. The molecule has 2 atom stereocenters. The number of benzene rings is 1. The van der Waals surface area contributed by atoms with E-state index in [1.54, 1.807) is 0 Å². The average molecular weight is 283 g/mol. The first-order chi connectivity index (χ1) is 8.70. The van der Waals surface area contributed by atoms with Gasteiger partial charge in [-0.3, -0.25) is 4.79 Å². The van der Waals surface area contributed by atoms with Crippen LogP contribution in [0.25, 0.3) is 5.03 Å². The van der Waals surface area contributed by atoms with Gasteiger partial charge in [-0.1, -0.05) is 42.3 Å². The molecule has 0 aliphatic heterocycles. The van der Waals surface area contributed by atoms with Gasteiger partial charge in [0.25, 0.3) is 0 Å². The summed E-state index contributed by atoms with van der Waals surface area (Å²) in [7, 11) is 0. The Hall–Kier alpha value is -0.790. The standard InChI is InChI=1S/C15H16Cl2O/c16-14-3-1-2-13(10-14)11-4-6-12(7-5-11)15(17)8-9-18/h4-9,13-14H,1-3,10H2. The molecule has 0 spiro atoms. The van der Waals surface area contributed by atoms with Crippen molar-refractivity contribution in [1.82, 2.24) is 0 Å². The van der Waals surface area contributed by atoms with Crippen LogP contribution in [0.3, 0.4) is 0 Å². The summed E-state index contributed by atoms with van der Waals surface area (Å²) in [5, 5.41) is 0.789. The smallest absolute Gasteiger partial charge is 0.144 e. The van der Waals surface area contributed by atoms with Crippen molar-refractivity contribution in [2.45, 2.75) is 37.0 Å². The van der Waals surface area contributed by atoms with Crippen molar-refractivity contribution >= 4 is 34.5 Å². The molecule has 0 amide bonds. The highest BCUT2D eigenvalue weighted by Gasteiger charge is 2.21. The van der Waals surface area contributed by atoms with Crippen LogP contribution in [0.15, 0.2) is 30.3 Å². The van der Waals surface area contributed by atoms with Gasteiger partial charge in [0, 0.05) is 5.38 Å². The first-order valence-corrected chi connectivity index (χ1v) is 7.07. The second-order valence-corrected chi connectivity index (χ2v) is 5.76. The van der Waals surface area contributed by atoms with Crippen LogP contribution in [0.2, 0.25) is 0 Å². The summed E-state index contributed by atoms with van der Waals surface area (Å²) in [5.41, 5.74) is 2.20. The fraction of sp³-hybridized carbons (Fsp3) is 0.400. The number of hydrogen-bond donors (Lipinski definition) is 0.